The molecule has 2 rings (SSSR count). The normalized spacial score (nSPS) is 10.1. The average Bonchev–Trinajstić information content (AvgIpc) is 2.55. The molecule has 0 fully saturated rings. The Morgan fingerprint density at radius 3 is 2.36 bits per heavy atom. The maximum Gasteiger partial charge on any atom is 0.169 e. The number of nitrogens with one attached hydrogen (secondary N) is 1. The second-order valence-electron chi connectivity index (χ2n) is 5.08. The van der Waals surface area contributed by atoms with Crippen molar-refractivity contribution in [1.82, 2.24) is 10.2 Å². The van der Waals surface area contributed by atoms with E-state index >= 15 is 0 Å². The molecule has 2 aromatic rings. The van der Waals surface area contributed by atoms with Crippen molar-refractivity contribution in [3.05, 3.63) is 65.7 Å². The van der Waals surface area contributed by atoms with E-state index in [0.29, 0.717) is 6.61 Å². The highest BCUT2D eigenvalue weighted by atomic mass is 32.1. The molecule has 0 atom stereocenters. The maximum absolute atomic E-state index is 5.45. The number of hydrogen-bond acceptors (Lipinski definition) is 2. The number of benzene rings is 2. The third kappa shape index (κ3) is 5.04. The largest absolute Gasteiger partial charge is 0.494 e. The Morgan fingerprint density at radius 1 is 1.05 bits per heavy atom. The third-order valence-electron chi connectivity index (χ3n) is 3.29. The Balaban J connectivity index is 1.83. The van der Waals surface area contributed by atoms with E-state index in [-0.39, 0.29) is 0 Å². The van der Waals surface area contributed by atoms with Crippen molar-refractivity contribution in [2.45, 2.75) is 20.0 Å². The molecule has 0 amide bonds. The fourth-order valence-electron chi connectivity index (χ4n) is 2.11. The second-order valence-corrected chi connectivity index (χ2v) is 5.46. The van der Waals surface area contributed by atoms with Crippen LogP contribution in [0.15, 0.2) is 54.6 Å². The molecule has 0 aliphatic rings. The summed E-state index contributed by atoms with van der Waals surface area (Å²) in [6.07, 6.45) is 0. The van der Waals surface area contributed by atoms with E-state index in [1.54, 1.807) is 0 Å². The van der Waals surface area contributed by atoms with E-state index in [9.17, 15) is 0 Å². The van der Waals surface area contributed by atoms with Crippen LogP contribution in [0, 0.1) is 0 Å². The van der Waals surface area contributed by atoms with Gasteiger partial charge in [0.15, 0.2) is 5.11 Å². The molecule has 4 heteroatoms. The van der Waals surface area contributed by atoms with Crippen molar-refractivity contribution < 1.29 is 4.74 Å². The van der Waals surface area contributed by atoms with E-state index < -0.39 is 0 Å². The topological polar surface area (TPSA) is 24.5 Å². The molecule has 0 aromatic heterocycles. The smallest absolute Gasteiger partial charge is 0.169 e. The molecule has 22 heavy (non-hydrogen) atoms. The lowest BCUT2D eigenvalue weighted by Gasteiger charge is -2.21. The molecule has 3 nitrogen and oxygen atoms in total. The first kappa shape index (κ1) is 16.3. The number of nitrogens with zero attached hydrogens (tertiary/aromatic N) is 1. The first-order chi connectivity index (χ1) is 10.7. The Bertz CT molecular complexity index is 584. The SMILES string of the molecule is CCOc1ccc(CN(C)C(=S)NCc2ccccc2)cc1. The molecule has 0 spiro atoms. The molecular weight excluding hydrogens is 292 g/mol. The molecule has 116 valence electrons. The number of ether oxygens (including phenoxy) is 1. The molecule has 0 bridgehead atoms. The van der Waals surface area contributed by atoms with E-state index in [0.717, 1.165) is 24.0 Å². The van der Waals surface area contributed by atoms with Crippen molar-refractivity contribution in [2.75, 3.05) is 13.7 Å². The van der Waals surface area contributed by atoms with Gasteiger partial charge in [0, 0.05) is 20.1 Å². The Labute approximate surface area is 137 Å². The van der Waals surface area contributed by atoms with Gasteiger partial charge in [-0.1, -0.05) is 42.5 Å². The zero-order valence-corrected chi connectivity index (χ0v) is 13.9. The monoisotopic (exact) mass is 314 g/mol. The average molecular weight is 314 g/mol. The summed E-state index contributed by atoms with van der Waals surface area (Å²) in [4.78, 5) is 2.04. The van der Waals surface area contributed by atoms with Crippen LogP contribution in [0.1, 0.15) is 18.1 Å². The van der Waals surface area contributed by atoms with Gasteiger partial charge in [-0.15, -0.1) is 0 Å². The van der Waals surface area contributed by atoms with Gasteiger partial charge in [0.25, 0.3) is 0 Å². The molecular formula is C18H22N2OS. The van der Waals surface area contributed by atoms with Crippen molar-refractivity contribution in [2.24, 2.45) is 0 Å². The zero-order chi connectivity index (χ0) is 15.8. The number of hydrogen-bond donors (Lipinski definition) is 1. The van der Waals surface area contributed by atoms with Gasteiger partial charge in [-0.3, -0.25) is 0 Å². The van der Waals surface area contributed by atoms with Crippen molar-refractivity contribution in [1.29, 1.82) is 0 Å². The lowest BCUT2D eigenvalue weighted by atomic mass is 10.2. The van der Waals surface area contributed by atoms with Gasteiger partial charge < -0.3 is 15.0 Å². The maximum atomic E-state index is 5.45. The zero-order valence-electron chi connectivity index (χ0n) is 13.1. The molecule has 2 aromatic carbocycles. The van der Waals surface area contributed by atoms with Crippen LogP contribution in [0.5, 0.6) is 5.75 Å². The molecule has 0 unspecified atom stereocenters. The summed E-state index contributed by atoms with van der Waals surface area (Å²) >= 11 is 5.43. The van der Waals surface area contributed by atoms with Crippen LogP contribution in [0.25, 0.3) is 0 Å². The van der Waals surface area contributed by atoms with Crippen LogP contribution in [-0.2, 0) is 13.1 Å². The van der Waals surface area contributed by atoms with Gasteiger partial charge in [-0.25, -0.2) is 0 Å². The molecule has 0 aliphatic heterocycles. The van der Waals surface area contributed by atoms with Crippen LogP contribution in [0.2, 0.25) is 0 Å². The summed E-state index contributed by atoms with van der Waals surface area (Å²) in [5, 5.41) is 4.03. The van der Waals surface area contributed by atoms with Gasteiger partial charge in [0.2, 0.25) is 0 Å². The summed E-state index contributed by atoms with van der Waals surface area (Å²) in [6.45, 7) is 4.19. The van der Waals surface area contributed by atoms with Gasteiger partial charge in [0.1, 0.15) is 5.75 Å². The lowest BCUT2D eigenvalue weighted by Crippen LogP contribution is -2.36. The minimum atomic E-state index is 0.687. The Kier molecular flexibility index (Phi) is 6.22. The van der Waals surface area contributed by atoms with Crippen LogP contribution >= 0.6 is 12.2 Å². The summed E-state index contributed by atoms with van der Waals surface area (Å²) in [6, 6.07) is 18.4. The fourth-order valence-corrected chi connectivity index (χ4v) is 2.25. The first-order valence-corrected chi connectivity index (χ1v) is 7.84. The van der Waals surface area contributed by atoms with Crippen molar-refractivity contribution in [3.63, 3.8) is 0 Å². The van der Waals surface area contributed by atoms with E-state index in [2.05, 4.69) is 29.6 Å². The van der Waals surface area contributed by atoms with Crippen LogP contribution in [-0.4, -0.2) is 23.7 Å². The van der Waals surface area contributed by atoms with E-state index in [4.69, 9.17) is 17.0 Å². The quantitative estimate of drug-likeness (QED) is 0.824. The second kappa shape index (κ2) is 8.39. The number of rotatable bonds is 6. The van der Waals surface area contributed by atoms with Crippen molar-refractivity contribution >= 4 is 17.3 Å². The van der Waals surface area contributed by atoms with Crippen LogP contribution in [0.4, 0.5) is 0 Å². The predicted octanol–water partition coefficient (Wildman–Crippen LogP) is 3.59. The van der Waals surface area contributed by atoms with Crippen molar-refractivity contribution in [3.8, 4) is 5.75 Å². The minimum absolute atomic E-state index is 0.687. The fraction of sp³-hybridized carbons (Fsp3) is 0.278. The standard InChI is InChI=1S/C18H22N2OS/c1-3-21-17-11-9-16(10-12-17)14-20(2)18(22)19-13-15-7-5-4-6-8-15/h4-12H,3,13-14H2,1-2H3,(H,19,22). The lowest BCUT2D eigenvalue weighted by molar-refractivity contribution is 0.340. The highest BCUT2D eigenvalue weighted by molar-refractivity contribution is 7.80. The van der Waals surface area contributed by atoms with Gasteiger partial charge in [0.05, 0.1) is 6.61 Å². The van der Waals surface area contributed by atoms with Crippen LogP contribution in [0.3, 0.4) is 0 Å². The predicted molar refractivity (Wildman–Crippen MR) is 95.0 cm³/mol. The van der Waals surface area contributed by atoms with E-state index in [1.807, 2.05) is 49.2 Å². The van der Waals surface area contributed by atoms with E-state index in [1.165, 1.54) is 11.1 Å². The third-order valence-corrected chi connectivity index (χ3v) is 3.74. The molecule has 0 saturated heterocycles. The first-order valence-electron chi connectivity index (χ1n) is 7.43. The Hall–Kier alpha value is -2.07. The molecule has 1 N–H and O–H groups in total. The molecule has 0 saturated carbocycles. The minimum Gasteiger partial charge on any atom is -0.494 e. The highest BCUT2D eigenvalue weighted by Crippen LogP contribution is 2.13. The van der Waals surface area contributed by atoms with Gasteiger partial charge in [-0.2, -0.15) is 0 Å². The highest BCUT2D eigenvalue weighted by Gasteiger charge is 2.05. The van der Waals surface area contributed by atoms with Crippen LogP contribution < -0.4 is 10.1 Å². The molecule has 0 radical (unpaired) electrons. The summed E-state index contributed by atoms with van der Waals surface area (Å²) in [7, 11) is 2.00. The Morgan fingerprint density at radius 2 is 1.73 bits per heavy atom. The summed E-state index contributed by atoms with van der Waals surface area (Å²) in [5.74, 6) is 0.902. The van der Waals surface area contributed by atoms with Gasteiger partial charge in [-0.05, 0) is 42.4 Å². The number of thiocarbonyl (C=S) groups is 1. The summed E-state index contributed by atoms with van der Waals surface area (Å²) < 4.78 is 5.45. The molecule has 0 aliphatic carbocycles. The molecule has 0 heterocycles. The van der Waals surface area contributed by atoms with Gasteiger partial charge >= 0.3 is 0 Å². The summed E-state index contributed by atoms with van der Waals surface area (Å²) in [5.41, 5.74) is 2.43.